The second-order valence-electron chi connectivity index (χ2n) is 7.92. The highest BCUT2D eigenvalue weighted by Crippen LogP contribution is 2.31. The number of hydrogen-bond donors (Lipinski definition) is 0. The first-order chi connectivity index (χ1) is 12.7. The molecule has 2 rings (SSSR count). The lowest BCUT2D eigenvalue weighted by Gasteiger charge is -2.25. The Bertz CT molecular complexity index is 844. The summed E-state index contributed by atoms with van der Waals surface area (Å²) in [5.74, 6) is -0.156. The van der Waals surface area contributed by atoms with E-state index in [0.29, 0.717) is 30.8 Å². The molecule has 2 aromatic rings. The van der Waals surface area contributed by atoms with Crippen LogP contribution in [0.1, 0.15) is 37.9 Å². The van der Waals surface area contributed by atoms with E-state index in [1.54, 1.807) is 10.7 Å². The standard InChI is InChI=1S/C21H29N3O2Si/c1-7-13-21(15-22,17-9-11-18(12-10-17)27(4,5)6)20(25)26-19-14-16(3)23-24(19)8-2/h9-12,14H,7-8,13H2,1-6H3. The van der Waals surface area contributed by atoms with Crippen molar-refractivity contribution in [2.75, 3.05) is 0 Å². The van der Waals surface area contributed by atoms with E-state index >= 15 is 0 Å². The third kappa shape index (κ3) is 4.30. The Balaban J connectivity index is 2.43. The lowest BCUT2D eigenvalue weighted by Crippen LogP contribution is -2.40. The number of aryl methyl sites for hydroxylation is 2. The van der Waals surface area contributed by atoms with Crippen molar-refractivity contribution in [2.24, 2.45) is 0 Å². The summed E-state index contributed by atoms with van der Waals surface area (Å²) in [6.07, 6.45) is 1.11. The lowest BCUT2D eigenvalue weighted by atomic mass is 9.78. The summed E-state index contributed by atoms with van der Waals surface area (Å²) in [7, 11) is -1.45. The van der Waals surface area contributed by atoms with Crippen LogP contribution in [0.3, 0.4) is 0 Å². The van der Waals surface area contributed by atoms with Crippen molar-refractivity contribution in [1.82, 2.24) is 9.78 Å². The molecule has 0 saturated carbocycles. The molecule has 0 radical (unpaired) electrons. The predicted molar refractivity (Wildman–Crippen MR) is 110 cm³/mol. The Kier molecular flexibility index (Phi) is 6.27. The molecule has 0 N–H and O–H groups in total. The molecule has 6 heteroatoms. The number of carbonyl (C=O) groups is 1. The molecule has 27 heavy (non-hydrogen) atoms. The third-order valence-electron chi connectivity index (χ3n) is 4.77. The molecule has 144 valence electrons. The largest absolute Gasteiger partial charge is 0.406 e. The number of nitrogens with zero attached hydrogens (tertiary/aromatic N) is 3. The van der Waals surface area contributed by atoms with Crippen molar-refractivity contribution < 1.29 is 9.53 Å². The van der Waals surface area contributed by atoms with E-state index in [-0.39, 0.29) is 0 Å². The molecule has 1 atom stereocenters. The van der Waals surface area contributed by atoms with Crippen LogP contribution in [-0.2, 0) is 16.8 Å². The van der Waals surface area contributed by atoms with E-state index in [4.69, 9.17) is 4.74 Å². The minimum Gasteiger partial charge on any atom is -0.406 e. The van der Waals surface area contributed by atoms with Gasteiger partial charge >= 0.3 is 5.97 Å². The fraction of sp³-hybridized carbons (Fsp3) is 0.476. The predicted octanol–water partition coefficient (Wildman–Crippen LogP) is 3.92. The summed E-state index contributed by atoms with van der Waals surface area (Å²) in [6.45, 7) is 13.2. The van der Waals surface area contributed by atoms with Crippen molar-refractivity contribution in [2.45, 2.75) is 65.2 Å². The highest BCUT2D eigenvalue weighted by molar-refractivity contribution is 6.88. The molecule has 0 fully saturated rings. The maximum atomic E-state index is 13.1. The first-order valence-corrected chi connectivity index (χ1v) is 13.0. The highest BCUT2D eigenvalue weighted by atomic mass is 28.3. The molecule has 1 aromatic heterocycles. The zero-order chi connectivity index (χ0) is 20.2. The van der Waals surface area contributed by atoms with Gasteiger partial charge in [-0.15, -0.1) is 0 Å². The van der Waals surface area contributed by atoms with Gasteiger partial charge in [0.25, 0.3) is 0 Å². The average Bonchev–Trinajstić information content (AvgIpc) is 2.98. The van der Waals surface area contributed by atoms with E-state index in [1.807, 2.05) is 32.9 Å². The van der Waals surface area contributed by atoms with Crippen molar-refractivity contribution in [3.05, 3.63) is 41.6 Å². The minimum absolute atomic E-state index is 0.384. The van der Waals surface area contributed by atoms with Gasteiger partial charge in [0, 0.05) is 12.6 Å². The van der Waals surface area contributed by atoms with Crippen LogP contribution in [0.2, 0.25) is 19.6 Å². The van der Waals surface area contributed by atoms with Crippen LogP contribution in [0, 0.1) is 18.3 Å². The number of esters is 1. The van der Waals surface area contributed by atoms with Gasteiger partial charge < -0.3 is 4.74 Å². The Labute approximate surface area is 163 Å². The quantitative estimate of drug-likeness (QED) is 0.537. The van der Waals surface area contributed by atoms with Gasteiger partial charge in [0.05, 0.1) is 19.8 Å². The van der Waals surface area contributed by atoms with Gasteiger partial charge in [-0.1, -0.05) is 62.4 Å². The van der Waals surface area contributed by atoms with Gasteiger partial charge in [-0.05, 0) is 25.8 Å². The van der Waals surface area contributed by atoms with Gasteiger partial charge in [0.1, 0.15) is 0 Å². The molecule has 1 aromatic carbocycles. The first kappa shape index (κ1) is 20.9. The fourth-order valence-electron chi connectivity index (χ4n) is 3.17. The third-order valence-corrected chi connectivity index (χ3v) is 6.84. The number of nitriles is 1. The van der Waals surface area contributed by atoms with E-state index < -0.39 is 19.5 Å². The Morgan fingerprint density at radius 1 is 1.26 bits per heavy atom. The van der Waals surface area contributed by atoms with Crippen molar-refractivity contribution >= 4 is 19.2 Å². The van der Waals surface area contributed by atoms with E-state index in [0.717, 1.165) is 5.69 Å². The molecule has 0 spiro atoms. The van der Waals surface area contributed by atoms with Crippen molar-refractivity contribution in [3.63, 3.8) is 0 Å². The minimum atomic E-state index is -1.45. The van der Waals surface area contributed by atoms with Gasteiger partial charge in [0.15, 0.2) is 5.41 Å². The number of ether oxygens (including phenoxy) is 1. The maximum absolute atomic E-state index is 13.1. The normalized spacial score (nSPS) is 13.7. The molecule has 5 nitrogen and oxygen atoms in total. The summed E-state index contributed by atoms with van der Waals surface area (Å²) in [5.41, 5.74) is 0.152. The molecule has 0 aliphatic heterocycles. The summed E-state index contributed by atoms with van der Waals surface area (Å²) in [4.78, 5) is 13.1. The molecular formula is C21H29N3O2Si. The summed E-state index contributed by atoms with van der Waals surface area (Å²) in [6, 6.07) is 11.9. The van der Waals surface area contributed by atoms with Crippen LogP contribution >= 0.6 is 0 Å². The molecule has 1 unspecified atom stereocenters. The SMILES string of the molecule is CCCC(C#N)(C(=O)Oc1cc(C)nn1CC)c1ccc([Si](C)(C)C)cc1. The molecule has 1 heterocycles. The second kappa shape index (κ2) is 8.09. The van der Waals surface area contributed by atoms with Gasteiger partial charge in [0.2, 0.25) is 5.88 Å². The summed E-state index contributed by atoms with van der Waals surface area (Å²) in [5, 5.41) is 15.6. The number of benzene rings is 1. The molecule has 0 amide bonds. The smallest absolute Gasteiger partial charge is 0.337 e. The van der Waals surface area contributed by atoms with Crippen LogP contribution in [0.5, 0.6) is 5.88 Å². The van der Waals surface area contributed by atoms with Crippen LogP contribution in [0.15, 0.2) is 30.3 Å². The van der Waals surface area contributed by atoms with Crippen LogP contribution in [0.25, 0.3) is 0 Å². The van der Waals surface area contributed by atoms with Crippen molar-refractivity contribution in [3.8, 4) is 11.9 Å². The highest BCUT2D eigenvalue weighted by Gasteiger charge is 2.42. The Morgan fingerprint density at radius 2 is 1.89 bits per heavy atom. The molecule has 0 saturated heterocycles. The Morgan fingerprint density at radius 3 is 2.37 bits per heavy atom. The summed E-state index contributed by atoms with van der Waals surface area (Å²) >= 11 is 0. The van der Waals surface area contributed by atoms with Gasteiger partial charge in [-0.25, -0.2) is 9.48 Å². The van der Waals surface area contributed by atoms with E-state index in [9.17, 15) is 10.1 Å². The van der Waals surface area contributed by atoms with Gasteiger partial charge in [-0.2, -0.15) is 10.4 Å². The maximum Gasteiger partial charge on any atom is 0.337 e. The zero-order valence-corrected chi connectivity index (χ0v) is 18.2. The van der Waals surface area contributed by atoms with Crippen LogP contribution in [-0.4, -0.2) is 23.8 Å². The van der Waals surface area contributed by atoms with Crippen LogP contribution in [0.4, 0.5) is 0 Å². The number of aromatic nitrogens is 2. The molecular weight excluding hydrogens is 354 g/mol. The van der Waals surface area contributed by atoms with Crippen LogP contribution < -0.4 is 9.92 Å². The second-order valence-corrected chi connectivity index (χ2v) is 13.0. The molecule has 0 aliphatic rings. The van der Waals surface area contributed by atoms with E-state index in [1.165, 1.54) is 5.19 Å². The lowest BCUT2D eigenvalue weighted by molar-refractivity contribution is -0.139. The monoisotopic (exact) mass is 383 g/mol. The molecule has 0 aliphatic carbocycles. The topological polar surface area (TPSA) is 67.9 Å². The summed E-state index contributed by atoms with van der Waals surface area (Å²) < 4.78 is 7.30. The van der Waals surface area contributed by atoms with Gasteiger partial charge in [-0.3, -0.25) is 0 Å². The fourth-order valence-corrected chi connectivity index (χ4v) is 4.34. The van der Waals surface area contributed by atoms with Crippen molar-refractivity contribution in [1.29, 1.82) is 5.26 Å². The average molecular weight is 384 g/mol. The Hall–Kier alpha value is -2.39. The zero-order valence-electron chi connectivity index (χ0n) is 17.2. The number of hydrogen-bond acceptors (Lipinski definition) is 4. The van der Waals surface area contributed by atoms with E-state index in [2.05, 4.69) is 42.9 Å². The first-order valence-electron chi connectivity index (χ1n) is 9.47. The number of rotatable bonds is 7. The number of carbonyl (C=O) groups excluding carboxylic acids is 1. The molecule has 0 bridgehead atoms.